The lowest BCUT2D eigenvalue weighted by molar-refractivity contribution is -0.111. The lowest BCUT2D eigenvalue weighted by Gasteiger charge is -2.15. The summed E-state index contributed by atoms with van der Waals surface area (Å²) in [5, 5.41) is 4.20. The highest BCUT2D eigenvalue weighted by molar-refractivity contribution is 6.31. The number of nitrogens with one attached hydrogen (secondary N) is 1. The Morgan fingerprint density at radius 2 is 1.88 bits per heavy atom. The molecule has 0 saturated carbocycles. The van der Waals surface area contributed by atoms with Crippen molar-refractivity contribution >= 4 is 51.3 Å². The monoisotopic (exact) mass is 497 g/mol. The molecular weight excluding hydrogens is 476 g/mol. The standard InChI is InChI=1S/C27H22Cl2FNO3/c1-4-33-26-16(3)27-21(22(14-34-27)17-5-7-18(28)8-6-17)13-20(26)15(2)11-25(32)31-19-9-10-24(30)23(29)12-19/h5-14H,4H2,1-3H3,(H,31,32)/b15-11+. The van der Waals surface area contributed by atoms with E-state index in [1.807, 2.05) is 51.1 Å². The molecular formula is C27H22Cl2FNO3. The van der Waals surface area contributed by atoms with Gasteiger partial charge in [0.15, 0.2) is 0 Å². The zero-order valence-electron chi connectivity index (χ0n) is 18.8. The largest absolute Gasteiger partial charge is 0.493 e. The molecule has 0 radical (unpaired) electrons. The van der Waals surface area contributed by atoms with E-state index in [1.165, 1.54) is 24.3 Å². The number of allylic oxidation sites excluding steroid dienone is 1. The fraction of sp³-hybridized carbons (Fsp3) is 0.148. The summed E-state index contributed by atoms with van der Waals surface area (Å²) in [4.78, 5) is 12.7. The minimum atomic E-state index is -0.548. The smallest absolute Gasteiger partial charge is 0.248 e. The van der Waals surface area contributed by atoms with Gasteiger partial charge in [-0.2, -0.15) is 0 Å². The molecule has 0 aliphatic carbocycles. The number of hydrogen-bond acceptors (Lipinski definition) is 3. The number of furan rings is 1. The van der Waals surface area contributed by atoms with E-state index in [0.29, 0.717) is 28.6 Å². The summed E-state index contributed by atoms with van der Waals surface area (Å²) in [7, 11) is 0. The van der Waals surface area contributed by atoms with Crippen molar-refractivity contribution in [2.45, 2.75) is 20.8 Å². The van der Waals surface area contributed by atoms with Gasteiger partial charge in [-0.3, -0.25) is 4.79 Å². The third-order valence-electron chi connectivity index (χ3n) is 5.45. The molecule has 7 heteroatoms. The van der Waals surface area contributed by atoms with Crippen LogP contribution in [0.2, 0.25) is 10.0 Å². The van der Waals surface area contributed by atoms with Gasteiger partial charge in [0, 0.05) is 38.9 Å². The molecule has 1 amide bonds. The Morgan fingerprint density at radius 3 is 2.56 bits per heavy atom. The Balaban J connectivity index is 1.76. The Bertz CT molecular complexity index is 1410. The van der Waals surface area contributed by atoms with Crippen LogP contribution in [0.1, 0.15) is 25.0 Å². The number of benzene rings is 3. The summed E-state index contributed by atoms with van der Waals surface area (Å²) in [6, 6.07) is 13.5. The van der Waals surface area contributed by atoms with Gasteiger partial charge in [0.05, 0.1) is 17.9 Å². The normalized spacial score (nSPS) is 11.6. The molecule has 0 aliphatic rings. The molecule has 3 aromatic carbocycles. The van der Waals surface area contributed by atoms with E-state index >= 15 is 0 Å². The predicted molar refractivity (Wildman–Crippen MR) is 136 cm³/mol. The molecule has 174 valence electrons. The summed E-state index contributed by atoms with van der Waals surface area (Å²) in [6.45, 7) is 6.12. The average molecular weight is 498 g/mol. The topological polar surface area (TPSA) is 51.5 Å². The molecule has 0 saturated heterocycles. The number of halogens is 3. The number of anilines is 1. The molecule has 0 atom stereocenters. The van der Waals surface area contributed by atoms with Crippen LogP contribution in [0.3, 0.4) is 0 Å². The molecule has 34 heavy (non-hydrogen) atoms. The highest BCUT2D eigenvalue weighted by atomic mass is 35.5. The fourth-order valence-electron chi connectivity index (χ4n) is 3.82. The number of hydrogen-bond donors (Lipinski definition) is 1. The minimum Gasteiger partial charge on any atom is -0.493 e. The fourth-order valence-corrected chi connectivity index (χ4v) is 4.13. The molecule has 0 fully saturated rings. The zero-order chi connectivity index (χ0) is 24.4. The van der Waals surface area contributed by atoms with E-state index in [-0.39, 0.29) is 10.9 Å². The maximum Gasteiger partial charge on any atom is 0.248 e. The van der Waals surface area contributed by atoms with Crippen molar-refractivity contribution in [3.05, 3.63) is 87.9 Å². The van der Waals surface area contributed by atoms with E-state index in [2.05, 4.69) is 5.32 Å². The highest BCUT2D eigenvalue weighted by Gasteiger charge is 2.19. The van der Waals surface area contributed by atoms with E-state index in [4.69, 9.17) is 32.4 Å². The number of ether oxygens (including phenoxy) is 1. The van der Waals surface area contributed by atoms with Crippen LogP contribution in [0, 0.1) is 12.7 Å². The van der Waals surface area contributed by atoms with E-state index in [9.17, 15) is 9.18 Å². The summed E-state index contributed by atoms with van der Waals surface area (Å²) in [5.74, 6) is -0.267. The first-order valence-electron chi connectivity index (χ1n) is 10.7. The number of fused-ring (bicyclic) bond motifs is 1. The Kier molecular flexibility index (Phi) is 6.96. The van der Waals surface area contributed by atoms with Gasteiger partial charge in [0.25, 0.3) is 0 Å². The van der Waals surface area contributed by atoms with E-state index < -0.39 is 5.82 Å². The average Bonchev–Trinajstić information content (AvgIpc) is 3.23. The van der Waals surface area contributed by atoms with Gasteiger partial charge in [0.1, 0.15) is 17.1 Å². The molecule has 0 unspecified atom stereocenters. The second kappa shape index (κ2) is 9.92. The lowest BCUT2D eigenvalue weighted by Crippen LogP contribution is -2.09. The minimum absolute atomic E-state index is 0.0621. The maximum atomic E-state index is 13.4. The third-order valence-corrected chi connectivity index (χ3v) is 5.99. The molecule has 4 aromatic rings. The number of aryl methyl sites for hydroxylation is 1. The van der Waals surface area contributed by atoms with Gasteiger partial charge in [-0.15, -0.1) is 0 Å². The molecule has 0 aliphatic heterocycles. The van der Waals surface area contributed by atoms with Gasteiger partial charge >= 0.3 is 0 Å². The van der Waals surface area contributed by atoms with Crippen LogP contribution in [0.15, 0.2) is 65.3 Å². The Morgan fingerprint density at radius 1 is 1.15 bits per heavy atom. The predicted octanol–water partition coefficient (Wildman–Crippen LogP) is 8.29. The summed E-state index contributed by atoms with van der Waals surface area (Å²) in [5.41, 5.74) is 5.31. The molecule has 4 rings (SSSR count). The first-order chi connectivity index (χ1) is 16.3. The first-order valence-corrected chi connectivity index (χ1v) is 11.4. The number of rotatable bonds is 6. The second-order valence-corrected chi connectivity index (χ2v) is 8.63. The molecule has 0 bridgehead atoms. The van der Waals surface area contributed by atoms with Crippen LogP contribution >= 0.6 is 23.2 Å². The van der Waals surface area contributed by atoms with Crippen molar-refractivity contribution in [3.63, 3.8) is 0 Å². The molecule has 1 aromatic heterocycles. The van der Waals surface area contributed by atoms with Crippen molar-refractivity contribution < 1.29 is 18.3 Å². The van der Waals surface area contributed by atoms with Crippen LogP contribution in [-0.4, -0.2) is 12.5 Å². The quantitative estimate of drug-likeness (QED) is 0.272. The molecule has 0 spiro atoms. The van der Waals surface area contributed by atoms with Crippen molar-refractivity contribution in [2.24, 2.45) is 0 Å². The van der Waals surface area contributed by atoms with Crippen molar-refractivity contribution in [1.29, 1.82) is 0 Å². The number of carbonyl (C=O) groups excluding carboxylic acids is 1. The highest BCUT2D eigenvalue weighted by Crippen LogP contribution is 2.41. The van der Waals surface area contributed by atoms with Crippen LogP contribution in [-0.2, 0) is 4.79 Å². The van der Waals surface area contributed by atoms with Crippen LogP contribution in [0.5, 0.6) is 5.75 Å². The molecule has 1 N–H and O–H groups in total. The zero-order valence-corrected chi connectivity index (χ0v) is 20.4. The van der Waals surface area contributed by atoms with Crippen LogP contribution in [0.4, 0.5) is 10.1 Å². The van der Waals surface area contributed by atoms with Crippen molar-refractivity contribution in [2.75, 3.05) is 11.9 Å². The molecule has 4 nitrogen and oxygen atoms in total. The van der Waals surface area contributed by atoms with E-state index in [0.717, 1.165) is 33.2 Å². The third kappa shape index (κ3) is 4.81. The second-order valence-electron chi connectivity index (χ2n) is 7.79. The number of amides is 1. The van der Waals surface area contributed by atoms with Gasteiger partial charge in [0.2, 0.25) is 5.91 Å². The SMILES string of the molecule is CCOc1c(/C(C)=C/C(=O)Nc2ccc(F)c(Cl)c2)cc2c(-c3ccc(Cl)cc3)coc2c1C. The maximum absolute atomic E-state index is 13.4. The Hall–Kier alpha value is -3.28. The van der Waals surface area contributed by atoms with Crippen LogP contribution in [0.25, 0.3) is 27.7 Å². The lowest BCUT2D eigenvalue weighted by atomic mass is 9.96. The van der Waals surface area contributed by atoms with Crippen molar-refractivity contribution in [1.82, 2.24) is 0 Å². The number of carbonyl (C=O) groups is 1. The van der Waals surface area contributed by atoms with E-state index in [1.54, 1.807) is 6.26 Å². The Labute approximate surface area is 206 Å². The molecule has 1 heterocycles. The van der Waals surface area contributed by atoms with Gasteiger partial charge in [-0.25, -0.2) is 4.39 Å². The summed E-state index contributed by atoms with van der Waals surface area (Å²) < 4.78 is 25.3. The summed E-state index contributed by atoms with van der Waals surface area (Å²) in [6.07, 6.45) is 3.19. The van der Waals surface area contributed by atoms with Crippen LogP contribution < -0.4 is 10.1 Å². The summed E-state index contributed by atoms with van der Waals surface area (Å²) >= 11 is 11.9. The first kappa shape index (κ1) is 23.9. The van der Waals surface area contributed by atoms with Gasteiger partial charge in [-0.05, 0) is 68.3 Å². The van der Waals surface area contributed by atoms with Gasteiger partial charge in [-0.1, -0.05) is 35.3 Å². The van der Waals surface area contributed by atoms with Crippen molar-refractivity contribution in [3.8, 4) is 16.9 Å². The van der Waals surface area contributed by atoms with Gasteiger partial charge < -0.3 is 14.5 Å².